The van der Waals surface area contributed by atoms with Crippen molar-refractivity contribution in [3.63, 3.8) is 0 Å². The van der Waals surface area contributed by atoms with E-state index in [9.17, 15) is 9.59 Å². The predicted molar refractivity (Wildman–Crippen MR) is 112 cm³/mol. The largest absolute Gasteiger partial charge is 0.497 e. The van der Waals surface area contributed by atoms with Crippen molar-refractivity contribution in [1.82, 2.24) is 10.5 Å². The number of methoxy groups -OCH3 is 1. The second-order valence-corrected chi connectivity index (χ2v) is 6.59. The van der Waals surface area contributed by atoms with Gasteiger partial charge in [0, 0.05) is 34.8 Å². The smallest absolute Gasteiger partial charge is 0.260 e. The molecule has 2 aromatic carbocycles. The summed E-state index contributed by atoms with van der Waals surface area (Å²) in [6, 6.07) is 17.3. The lowest BCUT2D eigenvalue weighted by Gasteiger charge is -2.09. The molecule has 0 bridgehead atoms. The normalized spacial score (nSPS) is 15.1. The van der Waals surface area contributed by atoms with Crippen molar-refractivity contribution in [2.24, 2.45) is 0 Å². The van der Waals surface area contributed by atoms with Gasteiger partial charge in [0.05, 0.1) is 12.8 Å². The molecular formula is C23H19N3O4. The summed E-state index contributed by atoms with van der Waals surface area (Å²) in [6.45, 7) is 0. The van der Waals surface area contributed by atoms with E-state index in [1.54, 1.807) is 80.2 Å². The molecule has 7 nitrogen and oxygen atoms in total. The van der Waals surface area contributed by atoms with Gasteiger partial charge < -0.3 is 10.1 Å². The van der Waals surface area contributed by atoms with Gasteiger partial charge in [0.2, 0.25) is 0 Å². The third kappa shape index (κ3) is 4.21. The molecule has 30 heavy (non-hydrogen) atoms. The van der Waals surface area contributed by atoms with Gasteiger partial charge in [0.25, 0.3) is 5.91 Å². The summed E-state index contributed by atoms with van der Waals surface area (Å²) in [4.78, 5) is 34.5. The van der Waals surface area contributed by atoms with Crippen LogP contribution >= 0.6 is 0 Å². The molecule has 1 amide bonds. The van der Waals surface area contributed by atoms with Crippen LogP contribution in [0.2, 0.25) is 0 Å². The van der Waals surface area contributed by atoms with Crippen LogP contribution in [0.15, 0.2) is 79.1 Å². The van der Waals surface area contributed by atoms with Crippen LogP contribution in [0.4, 0.5) is 5.69 Å². The molecule has 1 aliphatic rings. The first kappa shape index (κ1) is 19.4. The summed E-state index contributed by atoms with van der Waals surface area (Å²) in [7, 11) is 1.58. The molecule has 0 radical (unpaired) electrons. The number of rotatable bonds is 6. The maximum Gasteiger partial charge on any atom is 0.260 e. The van der Waals surface area contributed by atoms with E-state index < -0.39 is 6.10 Å². The molecule has 2 heterocycles. The number of ketones is 1. The average Bonchev–Trinajstić information content (AvgIpc) is 3.30. The first-order chi connectivity index (χ1) is 14.6. The molecule has 0 aliphatic carbocycles. The summed E-state index contributed by atoms with van der Waals surface area (Å²) >= 11 is 0. The van der Waals surface area contributed by atoms with Crippen LogP contribution in [0.5, 0.6) is 5.75 Å². The van der Waals surface area contributed by atoms with Crippen LogP contribution in [0, 0.1) is 0 Å². The Hall–Kier alpha value is -3.97. The standard InChI is InChI=1S/C23H19N3O4/c1-29-19-10-6-16(7-11-19)22(27)15-4-8-18(9-5-15)25-23(28)21-13-20(26-30-21)17-3-2-12-24-14-17/h2-14,21,26H,1H3,(H,25,28). The number of benzene rings is 2. The number of nitrogens with zero attached hydrogens (tertiary/aromatic N) is 1. The summed E-state index contributed by atoms with van der Waals surface area (Å²) in [5, 5.41) is 2.78. The van der Waals surface area contributed by atoms with Gasteiger partial charge in [0.15, 0.2) is 11.9 Å². The molecule has 0 saturated heterocycles. The first-order valence-electron chi connectivity index (χ1n) is 9.27. The van der Waals surface area contributed by atoms with Crippen LogP contribution in [-0.2, 0) is 9.63 Å². The minimum absolute atomic E-state index is 0.108. The van der Waals surface area contributed by atoms with Crippen molar-refractivity contribution in [1.29, 1.82) is 0 Å². The fraction of sp³-hybridized carbons (Fsp3) is 0.0870. The van der Waals surface area contributed by atoms with E-state index in [1.165, 1.54) is 0 Å². The monoisotopic (exact) mass is 401 g/mol. The van der Waals surface area contributed by atoms with Gasteiger partial charge in [0.1, 0.15) is 5.75 Å². The van der Waals surface area contributed by atoms with Crippen LogP contribution in [0.3, 0.4) is 0 Å². The average molecular weight is 401 g/mol. The van der Waals surface area contributed by atoms with Crippen LogP contribution in [0.1, 0.15) is 21.5 Å². The van der Waals surface area contributed by atoms with E-state index in [1.807, 2.05) is 6.07 Å². The van der Waals surface area contributed by atoms with E-state index in [2.05, 4.69) is 15.8 Å². The van der Waals surface area contributed by atoms with Crippen LogP contribution in [-0.4, -0.2) is 29.9 Å². The molecule has 150 valence electrons. The number of anilines is 1. The van der Waals surface area contributed by atoms with Gasteiger partial charge >= 0.3 is 0 Å². The summed E-state index contributed by atoms with van der Waals surface area (Å²) in [6.07, 6.45) is 4.27. The van der Waals surface area contributed by atoms with Gasteiger partial charge in [-0.3, -0.25) is 24.9 Å². The third-order valence-corrected chi connectivity index (χ3v) is 4.61. The van der Waals surface area contributed by atoms with E-state index in [0.717, 1.165) is 5.56 Å². The van der Waals surface area contributed by atoms with Crippen LogP contribution < -0.4 is 15.5 Å². The van der Waals surface area contributed by atoms with Crippen molar-refractivity contribution < 1.29 is 19.2 Å². The molecule has 4 rings (SSSR count). The molecule has 1 aliphatic heterocycles. The zero-order chi connectivity index (χ0) is 20.9. The molecule has 3 aromatic rings. The first-order valence-corrected chi connectivity index (χ1v) is 9.27. The SMILES string of the molecule is COc1ccc(C(=O)c2ccc(NC(=O)C3C=C(c4cccnc4)NO3)cc2)cc1. The van der Waals surface area contributed by atoms with E-state index in [-0.39, 0.29) is 11.7 Å². The molecule has 1 atom stereocenters. The fourth-order valence-electron chi connectivity index (χ4n) is 2.98. The minimum atomic E-state index is -0.777. The van der Waals surface area contributed by atoms with Crippen molar-refractivity contribution in [3.8, 4) is 5.75 Å². The zero-order valence-corrected chi connectivity index (χ0v) is 16.2. The van der Waals surface area contributed by atoms with E-state index >= 15 is 0 Å². The second kappa shape index (κ2) is 8.59. The Morgan fingerprint density at radius 1 is 1.03 bits per heavy atom. The Balaban J connectivity index is 1.40. The molecule has 2 N–H and O–H groups in total. The number of carbonyl (C=O) groups is 2. The lowest BCUT2D eigenvalue weighted by atomic mass is 10.0. The molecule has 0 spiro atoms. The minimum Gasteiger partial charge on any atom is -0.497 e. The quantitative estimate of drug-likeness (QED) is 0.617. The molecule has 7 heteroatoms. The number of hydrogen-bond donors (Lipinski definition) is 2. The number of carbonyl (C=O) groups excluding carboxylic acids is 2. The number of nitrogens with one attached hydrogen (secondary N) is 2. The fourth-order valence-corrected chi connectivity index (χ4v) is 2.98. The number of hydrogen-bond acceptors (Lipinski definition) is 6. The van der Waals surface area contributed by atoms with Gasteiger partial charge in [-0.2, -0.15) is 0 Å². The number of ether oxygens (including phenoxy) is 1. The van der Waals surface area contributed by atoms with Crippen molar-refractivity contribution in [2.75, 3.05) is 12.4 Å². The summed E-state index contributed by atoms with van der Waals surface area (Å²) < 4.78 is 5.11. The maximum atomic E-state index is 12.6. The third-order valence-electron chi connectivity index (χ3n) is 4.61. The molecule has 0 saturated carbocycles. The zero-order valence-electron chi connectivity index (χ0n) is 16.2. The number of pyridine rings is 1. The van der Waals surface area contributed by atoms with Crippen LogP contribution in [0.25, 0.3) is 5.70 Å². The predicted octanol–water partition coefficient (Wildman–Crippen LogP) is 3.20. The Morgan fingerprint density at radius 3 is 2.37 bits per heavy atom. The van der Waals surface area contributed by atoms with Gasteiger partial charge in [-0.1, -0.05) is 0 Å². The topological polar surface area (TPSA) is 89.5 Å². The summed E-state index contributed by atoms with van der Waals surface area (Å²) in [5.41, 5.74) is 5.91. The highest BCUT2D eigenvalue weighted by atomic mass is 16.7. The van der Waals surface area contributed by atoms with E-state index in [4.69, 9.17) is 9.57 Å². The number of amides is 1. The molecule has 1 unspecified atom stereocenters. The lowest BCUT2D eigenvalue weighted by Crippen LogP contribution is -2.28. The van der Waals surface area contributed by atoms with Gasteiger partial charge in [-0.15, -0.1) is 0 Å². The molecule has 0 fully saturated rings. The highest BCUT2D eigenvalue weighted by molar-refractivity contribution is 6.09. The van der Waals surface area contributed by atoms with Crippen molar-refractivity contribution in [2.45, 2.75) is 6.10 Å². The Kier molecular flexibility index (Phi) is 5.54. The number of hydroxylamine groups is 1. The molecule has 1 aromatic heterocycles. The highest BCUT2D eigenvalue weighted by Gasteiger charge is 2.24. The van der Waals surface area contributed by atoms with Gasteiger partial charge in [-0.05, 0) is 66.7 Å². The molecular weight excluding hydrogens is 382 g/mol. The lowest BCUT2D eigenvalue weighted by molar-refractivity contribution is -0.125. The van der Waals surface area contributed by atoms with E-state index in [0.29, 0.717) is 28.3 Å². The maximum absolute atomic E-state index is 12.6. The highest BCUT2D eigenvalue weighted by Crippen LogP contribution is 2.20. The number of aromatic nitrogens is 1. The Morgan fingerprint density at radius 2 is 1.73 bits per heavy atom. The van der Waals surface area contributed by atoms with Crippen molar-refractivity contribution >= 4 is 23.1 Å². The Bertz CT molecular complexity index is 1080. The second-order valence-electron chi connectivity index (χ2n) is 6.59. The Labute approximate surface area is 173 Å². The van der Waals surface area contributed by atoms with Gasteiger partial charge in [-0.25, -0.2) is 0 Å². The van der Waals surface area contributed by atoms with Crippen molar-refractivity contribution in [3.05, 3.63) is 95.8 Å². The summed E-state index contributed by atoms with van der Waals surface area (Å²) in [5.74, 6) is 0.257.